The quantitative estimate of drug-likeness (QED) is 0.621. The topological polar surface area (TPSA) is 33.1 Å². The van der Waals surface area contributed by atoms with E-state index in [2.05, 4.69) is 18.8 Å². The molecule has 2 heteroatoms. The minimum absolute atomic E-state index is 0.140. The smallest absolute Gasteiger partial charge is 0.0621 e. The molecule has 2 atom stereocenters. The molecule has 0 aromatic carbocycles. The van der Waals surface area contributed by atoms with E-state index in [1.165, 1.54) is 38.5 Å². The summed E-state index contributed by atoms with van der Waals surface area (Å²) in [6.07, 6.45) is 11.5. The molecule has 0 amide bonds. The molecule has 0 fully saturated rings. The van der Waals surface area contributed by atoms with Crippen LogP contribution in [0.5, 0.6) is 0 Å². The van der Waals surface area contributed by atoms with Gasteiger partial charge in [0.05, 0.1) is 6.10 Å². The second-order valence-electron chi connectivity index (χ2n) is 5.52. The summed E-state index contributed by atoms with van der Waals surface area (Å²) in [5.74, 6) is 0.140. The van der Waals surface area contributed by atoms with Crippen LogP contribution in [0.3, 0.4) is 0 Å². The largest absolute Gasteiger partial charge is 0.392 e. The maximum Gasteiger partial charge on any atom is 0.0621 e. The first-order valence-electron chi connectivity index (χ1n) is 7.84. The van der Waals surface area contributed by atoms with Crippen molar-refractivity contribution < 1.29 is 5.11 Å². The van der Waals surface area contributed by atoms with Crippen LogP contribution in [0.25, 0.3) is 0 Å². The lowest BCUT2D eigenvalue weighted by atomic mass is 9.95. The van der Waals surface area contributed by atoms with Gasteiger partial charge >= 0.3 is 0 Å². The van der Waals surface area contributed by atoms with Crippen molar-refractivity contribution in [2.45, 2.75) is 77.2 Å². The van der Waals surface area contributed by atoms with Gasteiger partial charge in [-0.25, -0.2) is 0 Å². The highest BCUT2D eigenvalue weighted by Crippen LogP contribution is 2.21. The van der Waals surface area contributed by atoms with Gasteiger partial charge in [-0.2, -0.15) is 0 Å². The standard InChI is InChI=1S/C17H29NO/c1-3-4-5-6-7-8-9-13-17(19)15(2)16-12-10-11-14-18-16/h10-12,14-15,17,19H,3-9,13H2,1-2H3. The lowest BCUT2D eigenvalue weighted by molar-refractivity contribution is 0.134. The van der Waals surface area contributed by atoms with Crippen LogP contribution in [0, 0.1) is 0 Å². The Hall–Kier alpha value is -0.890. The second-order valence-corrected chi connectivity index (χ2v) is 5.52. The Balaban J connectivity index is 2.12. The van der Waals surface area contributed by atoms with E-state index in [0.29, 0.717) is 0 Å². The number of hydrogen-bond donors (Lipinski definition) is 1. The van der Waals surface area contributed by atoms with E-state index >= 15 is 0 Å². The molecule has 0 radical (unpaired) electrons. The van der Waals surface area contributed by atoms with Crippen LogP contribution in [0.2, 0.25) is 0 Å². The van der Waals surface area contributed by atoms with Crippen molar-refractivity contribution in [3.63, 3.8) is 0 Å². The molecule has 19 heavy (non-hydrogen) atoms. The normalized spacial score (nSPS) is 14.3. The van der Waals surface area contributed by atoms with Gasteiger partial charge in [-0.15, -0.1) is 0 Å². The Kier molecular flexibility index (Phi) is 8.48. The van der Waals surface area contributed by atoms with Gasteiger partial charge in [0.1, 0.15) is 0 Å². The predicted molar refractivity (Wildman–Crippen MR) is 81.3 cm³/mol. The highest BCUT2D eigenvalue weighted by atomic mass is 16.3. The highest BCUT2D eigenvalue weighted by Gasteiger charge is 2.16. The number of rotatable bonds is 10. The lowest BCUT2D eigenvalue weighted by Gasteiger charge is -2.18. The molecule has 0 aliphatic rings. The molecule has 1 rings (SSSR count). The predicted octanol–water partition coefficient (Wildman–Crippen LogP) is 4.69. The molecule has 1 N–H and O–H groups in total. The molecule has 1 aromatic rings. The molecule has 0 aliphatic carbocycles. The van der Waals surface area contributed by atoms with Crippen LogP contribution in [-0.4, -0.2) is 16.2 Å². The van der Waals surface area contributed by atoms with Gasteiger partial charge < -0.3 is 5.11 Å². The SMILES string of the molecule is CCCCCCCCCC(O)C(C)c1ccccn1. The lowest BCUT2D eigenvalue weighted by Crippen LogP contribution is -2.16. The fraction of sp³-hybridized carbons (Fsp3) is 0.706. The minimum atomic E-state index is -0.259. The summed E-state index contributed by atoms with van der Waals surface area (Å²) in [5, 5.41) is 10.2. The average molecular weight is 263 g/mol. The third-order valence-electron chi connectivity index (χ3n) is 3.83. The average Bonchev–Trinajstić information content (AvgIpc) is 2.46. The summed E-state index contributed by atoms with van der Waals surface area (Å²) in [4.78, 5) is 4.32. The summed E-state index contributed by atoms with van der Waals surface area (Å²) in [5.41, 5.74) is 0.998. The molecular weight excluding hydrogens is 234 g/mol. The van der Waals surface area contributed by atoms with Gasteiger partial charge in [-0.05, 0) is 18.6 Å². The van der Waals surface area contributed by atoms with Crippen molar-refractivity contribution in [1.82, 2.24) is 4.98 Å². The fourth-order valence-corrected chi connectivity index (χ4v) is 2.40. The van der Waals surface area contributed by atoms with E-state index < -0.39 is 0 Å². The molecule has 2 unspecified atom stereocenters. The summed E-state index contributed by atoms with van der Waals surface area (Å²) in [6, 6.07) is 5.90. The highest BCUT2D eigenvalue weighted by molar-refractivity contribution is 5.09. The Morgan fingerprint density at radius 3 is 2.37 bits per heavy atom. The van der Waals surface area contributed by atoms with Crippen LogP contribution < -0.4 is 0 Å². The summed E-state index contributed by atoms with van der Waals surface area (Å²) >= 11 is 0. The zero-order valence-electron chi connectivity index (χ0n) is 12.5. The Morgan fingerprint density at radius 1 is 1.05 bits per heavy atom. The van der Waals surface area contributed by atoms with Gasteiger partial charge in [-0.1, -0.05) is 64.9 Å². The molecular formula is C17H29NO. The van der Waals surface area contributed by atoms with Crippen molar-refractivity contribution in [2.24, 2.45) is 0 Å². The zero-order valence-corrected chi connectivity index (χ0v) is 12.5. The van der Waals surface area contributed by atoms with Gasteiger partial charge in [0.2, 0.25) is 0 Å². The Labute approximate surface area is 118 Å². The minimum Gasteiger partial charge on any atom is -0.392 e. The molecule has 0 saturated carbocycles. The molecule has 1 aromatic heterocycles. The summed E-state index contributed by atoms with van der Waals surface area (Å²) in [6.45, 7) is 4.31. The van der Waals surface area contributed by atoms with E-state index in [9.17, 15) is 5.11 Å². The Bertz CT molecular complexity index is 312. The first kappa shape index (κ1) is 16.2. The van der Waals surface area contributed by atoms with E-state index in [1.807, 2.05) is 18.2 Å². The number of aromatic nitrogens is 1. The zero-order chi connectivity index (χ0) is 13.9. The number of aliphatic hydroxyl groups is 1. The molecule has 1 heterocycles. The van der Waals surface area contributed by atoms with Crippen molar-refractivity contribution >= 4 is 0 Å². The Morgan fingerprint density at radius 2 is 1.74 bits per heavy atom. The molecule has 2 nitrogen and oxygen atoms in total. The number of nitrogens with zero attached hydrogens (tertiary/aromatic N) is 1. The molecule has 0 aliphatic heterocycles. The van der Waals surface area contributed by atoms with Crippen LogP contribution in [0.4, 0.5) is 0 Å². The molecule has 0 saturated heterocycles. The maximum atomic E-state index is 10.2. The first-order valence-corrected chi connectivity index (χ1v) is 7.84. The van der Waals surface area contributed by atoms with Crippen LogP contribution in [0.1, 0.15) is 76.8 Å². The van der Waals surface area contributed by atoms with Gasteiger partial charge in [0.25, 0.3) is 0 Å². The van der Waals surface area contributed by atoms with E-state index in [-0.39, 0.29) is 12.0 Å². The van der Waals surface area contributed by atoms with Gasteiger partial charge in [-0.3, -0.25) is 4.98 Å². The molecule has 108 valence electrons. The van der Waals surface area contributed by atoms with E-state index in [0.717, 1.165) is 18.5 Å². The second kappa shape index (κ2) is 9.96. The first-order chi connectivity index (χ1) is 9.25. The third kappa shape index (κ3) is 6.72. The van der Waals surface area contributed by atoms with Crippen LogP contribution in [-0.2, 0) is 0 Å². The van der Waals surface area contributed by atoms with Crippen LogP contribution >= 0.6 is 0 Å². The summed E-state index contributed by atoms with van der Waals surface area (Å²) in [7, 11) is 0. The third-order valence-corrected chi connectivity index (χ3v) is 3.83. The number of hydrogen-bond acceptors (Lipinski definition) is 2. The number of pyridine rings is 1. The monoisotopic (exact) mass is 263 g/mol. The van der Waals surface area contributed by atoms with E-state index in [1.54, 1.807) is 6.20 Å². The van der Waals surface area contributed by atoms with Crippen molar-refractivity contribution in [1.29, 1.82) is 0 Å². The van der Waals surface area contributed by atoms with Gasteiger partial charge in [0.15, 0.2) is 0 Å². The van der Waals surface area contributed by atoms with Crippen molar-refractivity contribution in [2.75, 3.05) is 0 Å². The van der Waals surface area contributed by atoms with E-state index in [4.69, 9.17) is 0 Å². The maximum absolute atomic E-state index is 10.2. The fourth-order valence-electron chi connectivity index (χ4n) is 2.40. The van der Waals surface area contributed by atoms with Crippen molar-refractivity contribution in [3.05, 3.63) is 30.1 Å². The summed E-state index contributed by atoms with van der Waals surface area (Å²) < 4.78 is 0. The molecule has 0 spiro atoms. The molecule has 0 bridgehead atoms. The number of aliphatic hydroxyl groups excluding tert-OH is 1. The van der Waals surface area contributed by atoms with Crippen molar-refractivity contribution in [3.8, 4) is 0 Å². The number of unbranched alkanes of at least 4 members (excludes halogenated alkanes) is 6. The van der Waals surface area contributed by atoms with Crippen LogP contribution in [0.15, 0.2) is 24.4 Å². The van der Waals surface area contributed by atoms with Gasteiger partial charge in [0, 0.05) is 17.8 Å².